The van der Waals surface area contributed by atoms with Crippen molar-refractivity contribution >= 4 is 5.97 Å². The Morgan fingerprint density at radius 1 is 1.10 bits per heavy atom. The number of hydrogen-bond donors (Lipinski definition) is 0. The first-order valence-corrected chi connectivity index (χ1v) is 8.30. The number of carbonyl (C=O) groups is 1. The van der Waals surface area contributed by atoms with Crippen molar-refractivity contribution in [3.8, 4) is 0 Å². The number of ether oxygens (including phenoxy) is 2. The van der Waals surface area contributed by atoms with Gasteiger partial charge < -0.3 is 9.47 Å². The van der Waals surface area contributed by atoms with Crippen LogP contribution in [0.5, 0.6) is 0 Å². The first-order chi connectivity index (χ1) is 9.75. The third kappa shape index (κ3) is 3.33. The highest BCUT2D eigenvalue weighted by molar-refractivity contribution is 5.88. The van der Waals surface area contributed by atoms with Crippen LogP contribution >= 0.6 is 0 Å². The van der Waals surface area contributed by atoms with Gasteiger partial charge in [-0.2, -0.15) is 0 Å². The summed E-state index contributed by atoms with van der Waals surface area (Å²) in [5.41, 5.74) is 0.00103. The third-order valence-corrected chi connectivity index (χ3v) is 5.22. The van der Waals surface area contributed by atoms with Crippen LogP contribution in [0.4, 0.5) is 0 Å². The molecular formula is C18H28O3. The van der Waals surface area contributed by atoms with E-state index in [4.69, 9.17) is 9.47 Å². The maximum atomic E-state index is 12.0. The highest BCUT2D eigenvalue weighted by Gasteiger charge is 2.51. The second kappa shape index (κ2) is 5.12. The maximum Gasteiger partial charge on any atom is 0.336 e. The predicted molar refractivity (Wildman–Crippen MR) is 81.8 cm³/mol. The fourth-order valence-corrected chi connectivity index (χ4v) is 4.86. The highest BCUT2D eigenvalue weighted by Crippen LogP contribution is 2.57. The fourth-order valence-electron chi connectivity index (χ4n) is 4.86. The lowest BCUT2D eigenvalue weighted by Gasteiger charge is -2.56. The molecule has 0 radical (unpaired) electrons. The van der Waals surface area contributed by atoms with Crippen molar-refractivity contribution in [3.63, 3.8) is 0 Å². The molecule has 0 N–H and O–H groups in total. The van der Waals surface area contributed by atoms with Gasteiger partial charge in [0.2, 0.25) is 0 Å². The molecule has 3 nitrogen and oxygen atoms in total. The number of esters is 1. The zero-order chi connectivity index (χ0) is 15.3. The van der Waals surface area contributed by atoms with Gasteiger partial charge in [-0.1, -0.05) is 6.58 Å². The Labute approximate surface area is 128 Å². The summed E-state index contributed by atoms with van der Waals surface area (Å²) in [6.45, 7) is 9.80. The largest absolute Gasteiger partial charge is 0.457 e. The van der Waals surface area contributed by atoms with Crippen LogP contribution in [0.2, 0.25) is 0 Å². The van der Waals surface area contributed by atoms with Gasteiger partial charge in [0, 0.05) is 0 Å². The van der Waals surface area contributed by atoms with Crippen LogP contribution in [0.15, 0.2) is 12.2 Å². The van der Waals surface area contributed by atoms with Crippen molar-refractivity contribution in [3.05, 3.63) is 12.2 Å². The van der Waals surface area contributed by atoms with Gasteiger partial charge in [0.25, 0.3) is 0 Å². The maximum absolute atomic E-state index is 12.0. The lowest BCUT2D eigenvalue weighted by Crippen LogP contribution is -2.52. The minimum absolute atomic E-state index is 0.0275. The Kier molecular flexibility index (Phi) is 3.67. The summed E-state index contributed by atoms with van der Waals surface area (Å²) in [6.07, 6.45) is 7.74. The summed E-state index contributed by atoms with van der Waals surface area (Å²) in [5, 5.41) is 0. The van der Waals surface area contributed by atoms with Crippen molar-refractivity contribution in [2.24, 2.45) is 17.8 Å². The van der Waals surface area contributed by atoms with E-state index < -0.39 is 5.60 Å². The zero-order valence-electron chi connectivity index (χ0n) is 13.6. The van der Waals surface area contributed by atoms with Crippen LogP contribution < -0.4 is 0 Å². The van der Waals surface area contributed by atoms with Crippen molar-refractivity contribution < 1.29 is 14.3 Å². The van der Waals surface area contributed by atoms with E-state index in [0.29, 0.717) is 12.2 Å². The Balaban J connectivity index is 1.55. The van der Waals surface area contributed by atoms with Gasteiger partial charge in [-0.05, 0) is 77.0 Å². The lowest BCUT2D eigenvalue weighted by molar-refractivity contribution is -0.163. The van der Waals surface area contributed by atoms with Crippen molar-refractivity contribution in [2.45, 2.75) is 70.5 Å². The Morgan fingerprint density at radius 3 is 2.00 bits per heavy atom. The van der Waals surface area contributed by atoms with E-state index >= 15 is 0 Å². The standard InChI is InChI=1S/C18H28O3/c1-12(16(19)21-17(2,3)4)11-20-18-8-13-5-14(9-18)7-15(6-13)10-18/h13-15H,1,5-11H2,2-4H3. The number of hydrogen-bond acceptors (Lipinski definition) is 3. The molecule has 0 atom stereocenters. The van der Waals surface area contributed by atoms with Gasteiger partial charge in [0.1, 0.15) is 5.60 Å². The quantitative estimate of drug-likeness (QED) is 0.583. The molecule has 4 aliphatic carbocycles. The highest BCUT2D eigenvalue weighted by atomic mass is 16.6. The third-order valence-electron chi connectivity index (χ3n) is 5.22. The molecule has 0 spiro atoms. The van der Waals surface area contributed by atoms with Crippen LogP contribution in [0.3, 0.4) is 0 Å². The van der Waals surface area contributed by atoms with Gasteiger partial charge >= 0.3 is 5.97 Å². The van der Waals surface area contributed by atoms with Crippen LogP contribution in [0, 0.1) is 17.8 Å². The Hall–Kier alpha value is -0.830. The summed E-state index contributed by atoms with van der Waals surface area (Å²) in [4.78, 5) is 12.0. The van der Waals surface area contributed by atoms with Crippen molar-refractivity contribution in [1.82, 2.24) is 0 Å². The Bertz CT molecular complexity index is 409. The molecule has 118 valence electrons. The lowest BCUT2D eigenvalue weighted by atomic mass is 9.54. The van der Waals surface area contributed by atoms with Gasteiger partial charge in [-0.25, -0.2) is 4.79 Å². The molecule has 21 heavy (non-hydrogen) atoms. The van der Waals surface area contributed by atoms with Crippen molar-refractivity contribution in [1.29, 1.82) is 0 Å². The van der Waals surface area contributed by atoms with E-state index in [1.165, 1.54) is 38.5 Å². The van der Waals surface area contributed by atoms with Crippen molar-refractivity contribution in [2.75, 3.05) is 6.61 Å². The van der Waals surface area contributed by atoms with E-state index in [0.717, 1.165) is 17.8 Å². The molecule has 4 fully saturated rings. The average molecular weight is 292 g/mol. The van der Waals surface area contributed by atoms with Gasteiger partial charge in [0.05, 0.1) is 17.8 Å². The van der Waals surface area contributed by atoms with E-state index in [9.17, 15) is 4.79 Å². The molecule has 0 aliphatic heterocycles. The summed E-state index contributed by atoms with van der Waals surface area (Å²) < 4.78 is 11.6. The van der Waals surface area contributed by atoms with E-state index in [2.05, 4.69) is 6.58 Å². The second-order valence-corrected chi connectivity index (χ2v) is 8.49. The molecule has 0 aromatic heterocycles. The van der Waals surface area contributed by atoms with Crippen LogP contribution in [-0.2, 0) is 14.3 Å². The molecule has 0 amide bonds. The topological polar surface area (TPSA) is 35.5 Å². The monoisotopic (exact) mass is 292 g/mol. The molecule has 0 unspecified atom stereocenters. The van der Waals surface area contributed by atoms with Crippen LogP contribution in [0.1, 0.15) is 59.3 Å². The SMILES string of the molecule is C=C(COC12CC3CC(CC(C3)C1)C2)C(=O)OC(C)(C)C. The molecule has 0 aromatic carbocycles. The molecule has 0 heterocycles. The first kappa shape index (κ1) is 15.1. The average Bonchev–Trinajstić information content (AvgIpc) is 2.32. The minimum Gasteiger partial charge on any atom is -0.457 e. The summed E-state index contributed by atoms with van der Waals surface area (Å²) >= 11 is 0. The van der Waals surface area contributed by atoms with Crippen LogP contribution in [-0.4, -0.2) is 23.8 Å². The molecule has 4 saturated carbocycles. The molecule has 4 aliphatic rings. The molecule has 0 aromatic rings. The van der Waals surface area contributed by atoms with E-state index in [1.54, 1.807) is 0 Å². The summed E-state index contributed by atoms with van der Waals surface area (Å²) in [7, 11) is 0. The molecule has 3 heteroatoms. The molecule has 4 bridgehead atoms. The van der Waals surface area contributed by atoms with E-state index in [1.807, 2.05) is 20.8 Å². The Morgan fingerprint density at radius 2 is 1.57 bits per heavy atom. The van der Waals surface area contributed by atoms with Gasteiger partial charge in [-0.3, -0.25) is 0 Å². The predicted octanol–water partition coefficient (Wildman–Crippen LogP) is 3.87. The van der Waals surface area contributed by atoms with Crippen LogP contribution in [0.25, 0.3) is 0 Å². The summed E-state index contributed by atoms with van der Waals surface area (Å²) in [6, 6.07) is 0. The number of carbonyl (C=O) groups excluding carboxylic acids is 1. The first-order valence-electron chi connectivity index (χ1n) is 8.30. The normalized spacial score (nSPS) is 37.6. The van der Waals surface area contributed by atoms with E-state index in [-0.39, 0.29) is 11.6 Å². The smallest absolute Gasteiger partial charge is 0.336 e. The van der Waals surface area contributed by atoms with Gasteiger partial charge in [-0.15, -0.1) is 0 Å². The fraction of sp³-hybridized carbons (Fsp3) is 0.833. The molecule has 0 saturated heterocycles. The second-order valence-electron chi connectivity index (χ2n) is 8.49. The molecule has 4 rings (SSSR count). The summed E-state index contributed by atoms with van der Waals surface area (Å²) in [5.74, 6) is 2.23. The minimum atomic E-state index is -0.472. The van der Waals surface area contributed by atoms with Gasteiger partial charge in [0.15, 0.2) is 0 Å². The molecular weight excluding hydrogens is 264 g/mol. The zero-order valence-corrected chi connectivity index (χ0v) is 13.6. The number of rotatable bonds is 4.